The van der Waals surface area contributed by atoms with E-state index in [1.165, 1.54) is 12.5 Å². The Labute approximate surface area is 109 Å². The fourth-order valence-corrected chi connectivity index (χ4v) is 2.66. The topological polar surface area (TPSA) is 27.8 Å². The molecule has 0 bridgehead atoms. The zero-order valence-corrected chi connectivity index (χ0v) is 10.3. The summed E-state index contributed by atoms with van der Waals surface area (Å²) in [5, 5.41) is 4.03. The van der Waals surface area contributed by atoms with Gasteiger partial charge in [-0.15, -0.1) is 0 Å². The molecule has 1 aliphatic rings. The van der Waals surface area contributed by atoms with Crippen molar-refractivity contribution in [3.05, 3.63) is 35.5 Å². The highest BCUT2D eigenvalue weighted by Crippen LogP contribution is 2.32. The molecule has 0 saturated carbocycles. The van der Waals surface area contributed by atoms with Crippen LogP contribution in [0, 0.1) is 0 Å². The number of benzene rings is 1. The maximum atomic E-state index is 12.6. The molecular formula is C14H15F3N2. The lowest BCUT2D eigenvalue weighted by Gasteiger charge is -2.23. The Morgan fingerprint density at radius 2 is 1.95 bits per heavy atom. The molecule has 0 spiro atoms. The molecular weight excluding hydrogens is 253 g/mol. The number of nitrogens with one attached hydrogen (secondary N) is 2. The van der Waals surface area contributed by atoms with Crippen molar-refractivity contribution in [3.8, 4) is 0 Å². The van der Waals surface area contributed by atoms with Crippen LogP contribution in [0.5, 0.6) is 0 Å². The summed E-state index contributed by atoms with van der Waals surface area (Å²) in [6.07, 6.45) is -0.942. The van der Waals surface area contributed by atoms with Gasteiger partial charge in [-0.2, -0.15) is 13.2 Å². The lowest BCUT2D eigenvalue weighted by Crippen LogP contribution is -2.26. The minimum atomic E-state index is -4.32. The smallest absolute Gasteiger partial charge is 0.351 e. The van der Waals surface area contributed by atoms with Crippen molar-refractivity contribution in [1.82, 2.24) is 10.3 Å². The predicted octanol–water partition coefficient (Wildman–Crippen LogP) is 4.00. The quantitative estimate of drug-likeness (QED) is 0.803. The fourth-order valence-electron chi connectivity index (χ4n) is 2.66. The largest absolute Gasteiger partial charge is 0.431 e. The van der Waals surface area contributed by atoms with Gasteiger partial charge in [0.15, 0.2) is 0 Å². The number of alkyl halides is 3. The van der Waals surface area contributed by atoms with Gasteiger partial charge in [-0.05, 0) is 43.1 Å². The number of H-pyrrole nitrogens is 1. The number of hydrogen-bond acceptors (Lipinski definition) is 1. The van der Waals surface area contributed by atoms with Crippen LogP contribution >= 0.6 is 0 Å². The second-order valence-corrected chi connectivity index (χ2v) is 5.03. The SMILES string of the molecule is FC(F)(F)c1cc2cc(C3CCCCN3)ccc2[nH]1. The first-order chi connectivity index (χ1) is 9.04. The van der Waals surface area contributed by atoms with E-state index in [1.807, 2.05) is 12.1 Å². The summed E-state index contributed by atoms with van der Waals surface area (Å²) in [5.74, 6) is 0. The standard InChI is InChI=1S/C14H15F3N2/c15-14(16,17)13-8-10-7-9(4-5-12(10)19-13)11-3-1-2-6-18-11/h4-5,7-8,11,18-19H,1-3,6H2. The van der Waals surface area contributed by atoms with Crippen LogP contribution in [0.25, 0.3) is 10.9 Å². The third-order valence-corrected chi connectivity index (χ3v) is 3.66. The van der Waals surface area contributed by atoms with E-state index in [9.17, 15) is 13.2 Å². The molecule has 2 aromatic rings. The number of rotatable bonds is 1. The van der Waals surface area contributed by atoms with E-state index < -0.39 is 11.9 Å². The van der Waals surface area contributed by atoms with Crippen LogP contribution in [-0.4, -0.2) is 11.5 Å². The van der Waals surface area contributed by atoms with Gasteiger partial charge in [0.25, 0.3) is 0 Å². The first-order valence-corrected chi connectivity index (χ1v) is 6.47. The van der Waals surface area contributed by atoms with Gasteiger partial charge >= 0.3 is 6.18 Å². The molecule has 1 aromatic carbocycles. The highest BCUT2D eigenvalue weighted by molar-refractivity contribution is 5.81. The van der Waals surface area contributed by atoms with Gasteiger partial charge in [0.2, 0.25) is 0 Å². The molecule has 102 valence electrons. The summed E-state index contributed by atoms with van der Waals surface area (Å²) >= 11 is 0. The summed E-state index contributed by atoms with van der Waals surface area (Å²) in [4.78, 5) is 2.42. The van der Waals surface area contributed by atoms with Gasteiger partial charge in [-0.3, -0.25) is 0 Å². The molecule has 0 aliphatic carbocycles. The molecule has 2 nitrogen and oxygen atoms in total. The van der Waals surface area contributed by atoms with E-state index in [2.05, 4.69) is 10.3 Å². The van der Waals surface area contributed by atoms with E-state index >= 15 is 0 Å². The molecule has 1 saturated heterocycles. The van der Waals surface area contributed by atoms with E-state index in [-0.39, 0.29) is 6.04 Å². The number of aromatic amines is 1. The van der Waals surface area contributed by atoms with Crippen molar-refractivity contribution < 1.29 is 13.2 Å². The first kappa shape index (κ1) is 12.5. The molecule has 5 heteroatoms. The second-order valence-electron chi connectivity index (χ2n) is 5.03. The average molecular weight is 268 g/mol. The van der Waals surface area contributed by atoms with Crippen molar-refractivity contribution >= 4 is 10.9 Å². The van der Waals surface area contributed by atoms with Crippen molar-refractivity contribution in [2.75, 3.05) is 6.54 Å². The van der Waals surface area contributed by atoms with Crippen LogP contribution in [0.3, 0.4) is 0 Å². The van der Waals surface area contributed by atoms with Crippen LogP contribution < -0.4 is 5.32 Å². The molecule has 0 amide bonds. The summed E-state index contributed by atoms with van der Waals surface area (Å²) in [7, 11) is 0. The lowest BCUT2D eigenvalue weighted by molar-refractivity contribution is -0.140. The Morgan fingerprint density at radius 3 is 2.63 bits per heavy atom. The molecule has 1 unspecified atom stereocenters. The van der Waals surface area contributed by atoms with E-state index in [1.54, 1.807) is 6.07 Å². The number of aromatic nitrogens is 1. The minimum Gasteiger partial charge on any atom is -0.351 e. The normalized spacial score (nSPS) is 20.9. The summed E-state index contributed by atoms with van der Waals surface area (Å²) < 4.78 is 37.9. The van der Waals surface area contributed by atoms with E-state index in [0.717, 1.165) is 24.9 Å². The average Bonchev–Trinajstić information content (AvgIpc) is 2.82. The molecule has 0 radical (unpaired) electrons. The first-order valence-electron chi connectivity index (χ1n) is 6.47. The van der Waals surface area contributed by atoms with Crippen LogP contribution in [0.1, 0.15) is 36.6 Å². The molecule has 1 atom stereocenters. The van der Waals surface area contributed by atoms with Gasteiger partial charge in [-0.25, -0.2) is 0 Å². The maximum Gasteiger partial charge on any atom is 0.431 e. The molecule has 3 rings (SSSR count). The Hall–Kier alpha value is -1.49. The molecule has 1 fully saturated rings. The zero-order chi connectivity index (χ0) is 13.5. The van der Waals surface area contributed by atoms with Crippen molar-refractivity contribution in [2.24, 2.45) is 0 Å². The highest BCUT2D eigenvalue weighted by Gasteiger charge is 2.32. The minimum absolute atomic E-state index is 0.266. The molecule has 1 aliphatic heterocycles. The monoisotopic (exact) mass is 268 g/mol. The van der Waals surface area contributed by atoms with Crippen LogP contribution in [0.15, 0.2) is 24.3 Å². The Bertz CT molecular complexity index is 580. The summed E-state index contributed by atoms with van der Waals surface area (Å²) in [5.41, 5.74) is 0.920. The number of halogens is 3. The molecule has 19 heavy (non-hydrogen) atoms. The lowest BCUT2D eigenvalue weighted by atomic mass is 9.97. The van der Waals surface area contributed by atoms with Gasteiger partial charge in [-0.1, -0.05) is 12.5 Å². The van der Waals surface area contributed by atoms with Gasteiger partial charge in [0.05, 0.1) is 0 Å². The number of fused-ring (bicyclic) bond motifs is 1. The Kier molecular flexibility index (Phi) is 3.01. The molecule has 1 aromatic heterocycles. The van der Waals surface area contributed by atoms with Gasteiger partial charge in [0, 0.05) is 16.9 Å². The van der Waals surface area contributed by atoms with Crippen molar-refractivity contribution in [2.45, 2.75) is 31.5 Å². The summed E-state index contributed by atoms with van der Waals surface area (Å²) in [6, 6.07) is 6.94. The van der Waals surface area contributed by atoms with Gasteiger partial charge in [0.1, 0.15) is 5.69 Å². The molecule has 2 N–H and O–H groups in total. The Balaban J connectivity index is 1.96. The Morgan fingerprint density at radius 1 is 1.11 bits per heavy atom. The number of hydrogen-bond donors (Lipinski definition) is 2. The third kappa shape index (κ3) is 2.47. The third-order valence-electron chi connectivity index (χ3n) is 3.66. The zero-order valence-electron chi connectivity index (χ0n) is 10.3. The van der Waals surface area contributed by atoms with Crippen LogP contribution in [0.2, 0.25) is 0 Å². The predicted molar refractivity (Wildman–Crippen MR) is 67.9 cm³/mol. The van der Waals surface area contributed by atoms with E-state index in [0.29, 0.717) is 10.9 Å². The van der Waals surface area contributed by atoms with Crippen molar-refractivity contribution in [3.63, 3.8) is 0 Å². The number of piperidine rings is 1. The highest BCUT2D eigenvalue weighted by atomic mass is 19.4. The summed E-state index contributed by atoms with van der Waals surface area (Å²) in [6.45, 7) is 0.976. The molecule has 2 heterocycles. The second kappa shape index (κ2) is 4.56. The fraction of sp³-hybridized carbons (Fsp3) is 0.429. The van der Waals surface area contributed by atoms with Crippen LogP contribution in [0.4, 0.5) is 13.2 Å². The van der Waals surface area contributed by atoms with Crippen LogP contribution in [-0.2, 0) is 6.18 Å². The van der Waals surface area contributed by atoms with Gasteiger partial charge < -0.3 is 10.3 Å². The maximum absolute atomic E-state index is 12.6. The van der Waals surface area contributed by atoms with E-state index in [4.69, 9.17) is 0 Å². The van der Waals surface area contributed by atoms with Crippen molar-refractivity contribution in [1.29, 1.82) is 0 Å².